The van der Waals surface area contributed by atoms with Crippen molar-refractivity contribution in [3.63, 3.8) is 0 Å². The molecule has 0 atom stereocenters. The van der Waals surface area contributed by atoms with Gasteiger partial charge in [0.15, 0.2) is 5.75 Å². The molecule has 7 rings (SSSR count). The molecule has 61 heavy (non-hydrogen) atoms. The molecule has 0 aliphatic carbocycles. The Morgan fingerprint density at radius 3 is 2.13 bits per heavy atom. The molecule has 5 aromatic rings. The lowest BCUT2D eigenvalue weighted by Gasteiger charge is -2.35. The second-order valence-electron chi connectivity index (χ2n) is 15.3. The number of rotatable bonds is 15. The van der Waals surface area contributed by atoms with Crippen molar-refractivity contribution in [2.75, 3.05) is 32.8 Å². The van der Waals surface area contributed by atoms with E-state index in [9.17, 15) is 14.4 Å². The van der Waals surface area contributed by atoms with Crippen molar-refractivity contribution in [1.29, 1.82) is 0 Å². The van der Waals surface area contributed by atoms with E-state index in [-0.39, 0.29) is 34.6 Å². The molecule has 0 unspecified atom stereocenters. The molecule has 2 aliphatic heterocycles. The Labute approximate surface area is 365 Å². The molecule has 0 spiro atoms. The number of aromatic nitrogens is 1. The van der Waals surface area contributed by atoms with Gasteiger partial charge in [-0.05, 0) is 84.0 Å². The molecule has 0 N–H and O–H groups in total. The lowest BCUT2D eigenvalue weighted by molar-refractivity contribution is -0.150. The summed E-state index contributed by atoms with van der Waals surface area (Å²) >= 11 is 13.0. The first-order valence-electron chi connectivity index (χ1n) is 20.2. The number of hydrogen-bond acceptors (Lipinski definition) is 10. The van der Waals surface area contributed by atoms with Gasteiger partial charge in [-0.25, -0.2) is 14.6 Å². The van der Waals surface area contributed by atoms with Crippen LogP contribution in [0.1, 0.15) is 60.1 Å². The van der Waals surface area contributed by atoms with Gasteiger partial charge >= 0.3 is 11.9 Å². The lowest BCUT2D eigenvalue weighted by atomic mass is 9.97. The molecule has 0 saturated carbocycles. The van der Waals surface area contributed by atoms with Gasteiger partial charge < -0.3 is 28.6 Å². The zero-order valence-electron chi connectivity index (χ0n) is 34.5. The Bertz CT molecular complexity index is 2350. The zero-order valence-corrected chi connectivity index (χ0v) is 36.0. The molecule has 0 bridgehead atoms. The molecule has 2 saturated heterocycles. The summed E-state index contributed by atoms with van der Waals surface area (Å²) in [4.78, 5) is 46.9. The van der Waals surface area contributed by atoms with Crippen LogP contribution < -0.4 is 14.2 Å². The highest BCUT2D eigenvalue weighted by Gasteiger charge is 2.40. The number of halogens is 2. The molecular formula is C48H47Cl2N3O8. The lowest BCUT2D eigenvalue weighted by Crippen LogP contribution is -2.48. The fraction of sp³-hybridized carbons (Fsp3) is 0.292. The van der Waals surface area contributed by atoms with Gasteiger partial charge in [0, 0.05) is 66.9 Å². The molecular weight excluding hydrogens is 817 g/mol. The first-order valence-corrected chi connectivity index (χ1v) is 20.9. The third-order valence-electron chi connectivity index (χ3n) is 10.7. The SMILES string of the molecule is C/C(C(=O)N1CCN(Cc2ccc(CCOc3ccc(C(C)C)cc3)cc2)CC1)=C(/c1cc(C)c(Oc2ccc(OCc3ccccc3Cl)cn2)c(Cl)c1)C1OC(=O)C(=O)O1. The zero-order chi connectivity index (χ0) is 43.0. The number of benzene rings is 4. The largest absolute Gasteiger partial charge is 0.493 e. The molecule has 1 amide bonds. The van der Waals surface area contributed by atoms with Crippen molar-refractivity contribution >= 4 is 46.6 Å². The predicted molar refractivity (Wildman–Crippen MR) is 233 cm³/mol. The highest BCUT2D eigenvalue weighted by atomic mass is 35.5. The monoisotopic (exact) mass is 863 g/mol. The van der Waals surface area contributed by atoms with E-state index in [0.717, 1.165) is 24.3 Å². The van der Waals surface area contributed by atoms with Crippen molar-refractivity contribution in [3.05, 3.63) is 152 Å². The van der Waals surface area contributed by atoms with Crippen molar-refractivity contribution in [2.45, 2.75) is 59.5 Å². The van der Waals surface area contributed by atoms with Crippen LogP contribution in [0.5, 0.6) is 23.1 Å². The third-order valence-corrected chi connectivity index (χ3v) is 11.3. The molecule has 4 aromatic carbocycles. The number of aryl methyl sites for hydroxylation is 1. The van der Waals surface area contributed by atoms with Crippen LogP contribution in [-0.2, 0) is 43.4 Å². The number of amides is 1. The summed E-state index contributed by atoms with van der Waals surface area (Å²) in [6.45, 7) is 11.7. The number of carbonyl (C=O) groups excluding carboxylic acids is 3. The van der Waals surface area contributed by atoms with Crippen LogP contribution >= 0.6 is 23.2 Å². The van der Waals surface area contributed by atoms with Gasteiger partial charge in [0.2, 0.25) is 11.8 Å². The molecule has 11 nitrogen and oxygen atoms in total. The van der Waals surface area contributed by atoms with E-state index in [2.05, 4.69) is 60.1 Å². The highest BCUT2D eigenvalue weighted by molar-refractivity contribution is 6.33. The fourth-order valence-corrected chi connectivity index (χ4v) is 7.63. The second-order valence-corrected chi connectivity index (χ2v) is 16.1. The van der Waals surface area contributed by atoms with Gasteiger partial charge in [0.1, 0.15) is 18.1 Å². The maximum Gasteiger partial charge on any atom is 0.420 e. The Morgan fingerprint density at radius 2 is 1.49 bits per heavy atom. The van der Waals surface area contributed by atoms with Gasteiger partial charge in [0.25, 0.3) is 6.29 Å². The minimum Gasteiger partial charge on any atom is -0.493 e. The number of piperazine rings is 1. The van der Waals surface area contributed by atoms with Gasteiger partial charge in [-0.1, -0.05) is 91.6 Å². The number of hydrogen-bond donors (Lipinski definition) is 0. The van der Waals surface area contributed by atoms with Crippen molar-refractivity contribution < 1.29 is 38.1 Å². The van der Waals surface area contributed by atoms with Crippen LogP contribution in [-0.4, -0.2) is 71.7 Å². The summed E-state index contributed by atoms with van der Waals surface area (Å²) < 4.78 is 28.5. The van der Waals surface area contributed by atoms with Gasteiger partial charge in [0.05, 0.1) is 17.8 Å². The maximum absolute atomic E-state index is 14.1. The first kappa shape index (κ1) is 43.2. The van der Waals surface area contributed by atoms with Crippen LogP contribution in [0.4, 0.5) is 0 Å². The van der Waals surface area contributed by atoms with Gasteiger partial charge in [-0.15, -0.1) is 0 Å². The Balaban J connectivity index is 0.968. The second kappa shape index (κ2) is 19.7. The summed E-state index contributed by atoms with van der Waals surface area (Å²) in [5, 5.41) is 0.812. The maximum atomic E-state index is 14.1. The third kappa shape index (κ3) is 10.9. The van der Waals surface area contributed by atoms with E-state index in [0.29, 0.717) is 66.4 Å². The summed E-state index contributed by atoms with van der Waals surface area (Å²) in [7, 11) is 0. The smallest absolute Gasteiger partial charge is 0.420 e. The average Bonchev–Trinajstić information content (AvgIpc) is 3.59. The molecule has 3 heterocycles. The Kier molecular flexibility index (Phi) is 13.9. The number of pyridine rings is 1. The quantitative estimate of drug-likeness (QED) is 0.0573. The first-order chi connectivity index (χ1) is 29.4. The number of nitrogens with zero attached hydrogens (tertiary/aromatic N) is 3. The summed E-state index contributed by atoms with van der Waals surface area (Å²) in [6.07, 6.45) is 0.907. The summed E-state index contributed by atoms with van der Waals surface area (Å²) in [5.74, 6) is -0.0725. The van der Waals surface area contributed by atoms with Crippen LogP contribution in [0.15, 0.2) is 109 Å². The van der Waals surface area contributed by atoms with E-state index in [1.54, 1.807) is 49.1 Å². The van der Waals surface area contributed by atoms with E-state index in [4.69, 9.17) is 46.9 Å². The fourth-order valence-electron chi connectivity index (χ4n) is 7.14. The molecule has 0 radical (unpaired) electrons. The summed E-state index contributed by atoms with van der Waals surface area (Å²) in [5.41, 5.74) is 6.02. The Hall–Kier alpha value is -5.88. The van der Waals surface area contributed by atoms with E-state index in [1.807, 2.05) is 30.3 Å². The number of esters is 2. The predicted octanol–water partition coefficient (Wildman–Crippen LogP) is 9.36. The summed E-state index contributed by atoms with van der Waals surface area (Å²) in [6, 6.07) is 31.0. The van der Waals surface area contributed by atoms with Crippen LogP contribution in [0, 0.1) is 6.92 Å². The topological polar surface area (TPSA) is 117 Å². The number of ether oxygens (including phenoxy) is 5. The van der Waals surface area contributed by atoms with Crippen LogP contribution in [0.25, 0.3) is 5.57 Å². The Morgan fingerprint density at radius 1 is 0.820 bits per heavy atom. The van der Waals surface area contributed by atoms with Gasteiger partial charge in [-0.3, -0.25) is 9.69 Å². The standard InChI is InChI=1S/C48H47Cl2N3O8/c1-30(2)35-13-15-38(16-14-35)57-24-19-33-9-11-34(12-10-33)28-52-20-22-53(23-21-52)45(54)32(4)43(48-60-46(55)47(56)61-48)37-25-31(3)44(41(50)26-37)59-42-18-17-39(27-51-42)58-29-36-7-5-6-8-40(36)49/h5-18,25-27,30,48H,19-24,28-29H2,1-4H3/b43-32+. The highest BCUT2D eigenvalue weighted by Crippen LogP contribution is 2.38. The number of carbonyl (C=O) groups is 3. The van der Waals surface area contributed by atoms with E-state index < -0.39 is 18.2 Å². The average molecular weight is 865 g/mol. The van der Waals surface area contributed by atoms with Crippen molar-refractivity contribution in [3.8, 4) is 23.1 Å². The molecule has 1 aromatic heterocycles. The van der Waals surface area contributed by atoms with Crippen LogP contribution in [0.3, 0.4) is 0 Å². The minimum absolute atomic E-state index is 0.201. The molecule has 2 aliphatic rings. The van der Waals surface area contributed by atoms with Crippen molar-refractivity contribution in [2.24, 2.45) is 0 Å². The minimum atomic E-state index is -1.43. The van der Waals surface area contributed by atoms with Crippen LogP contribution in [0.2, 0.25) is 10.0 Å². The molecule has 316 valence electrons. The van der Waals surface area contributed by atoms with Crippen molar-refractivity contribution in [1.82, 2.24) is 14.8 Å². The molecule has 13 heteroatoms. The van der Waals surface area contributed by atoms with Gasteiger partial charge in [-0.2, -0.15) is 0 Å². The normalized spacial score (nSPS) is 15.0. The van der Waals surface area contributed by atoms with E-state index >= 15 is 0 Å². The van der Waals surface area contributed by atoms with E-state index in [1.165, 1.54) is 22.9 Å². The molecule has 2 fully saturated rings. The number of cyclic esters (lactones) is 2.